The van der Waals surface area contributed by atoms with Gasteiger partial charge in [-0.05, 0) is 30.6 Å². The summed E-state index contributed by atoms with van der Waals surface area (Å²) in [5.74, 6) is -0.461. The Bertz CT molecular complexity index is 262. The normalized spacial score (nSPS) is 43.4. The molecule has 3 aliphatic rings. The minimum atomic E-state index is -1.45. The maximum atomic E-state index is 10.9. The molecule has 0 heterocycles. The summed E-state index contributed by atoms with van der Waals surface area (Å²) < 4.78 is 0. The molecule has 3 fully saturated rings. The predicted octanol–water partition coefficient (Wildman–Crippen LogP) is -1.74. The Labute approximate surface area is 106 Å². The van der Waals surface area contributed by atoms with Gasteiger partial charge in [0.15, 0.2) is 5.60 Å². The van der Waals surface area contributed by atoms with Crippen LogP contribution in [-0.2, 0) is 4.79 Å². The van der Waals surface area contributed by atoms with E-state index in [1.807, 2.05) is 0 Å². The molecule has 3 saturated carbocycles. The number of hydrogen-bond donors (Lipinski definition) is 2. The first kappa shape index (κ1) is 12.5. The number of aliphatic carboxylic acids is 1. The number of carboxylic acid groups (broad SMARTS) is 1. The number of fused-ring (bicyclic) bond motifs is 2. The predicted molar refractivity (Wildman–Crippen MR) is 47.2 cm³/mol. The SMILES string of the molecule is CC1(C)C2CCC(O)(C(=O)O)C1C2.[Na+]. The molecule has 2 N–H and O–H groups in total. The second kappa shape index (κ2) is 3.48. The van der Waals surface area contributed by atoms with E-state index in [1.165, 1.54) is 0 Å². The topological polar surface area (TPSA) is 57.5 Å². The summed E-state index contributed by atoms with van der Waals surface area (Å²) >= 11 is 0. The van der Waals surface area contributed by atoms with E-state index in [2.05, 4.69) is 13.8 Å². The second-order valence-corrected chi connectivity index (χ2v) is 5.07. The van der Waals surface area contributed by atoms with E-state index < -0.39 is 11.6 Å². The van der Waals surface area contributed by atoms with Gasteiger partial charge in [-0.25, -0.2) is 4.79 Å². The first-order chi connectivity index (χ1) is 5.89. The Hall–Kier alpha value is 0.430. The molecule has 0 aromatic carbocycles. The molecule has 2 bridgehead atoms. The van der Waals surface area contributed by atoms with Crippen LogP contribution in [0, 0.1) is 17.3 Å². The Morgan fingerprint density at radius 2 is 2.00 bits per heavy atom. The fourth-order valence-electron chi connectivity index (χ4n) is 3.14. The van der Waals surface area contributed by atoms with E-state index in [0.29, 0.717) is 12.3 Å². The van der Waals surface area contributed by atoms with E-state index in [4.69, 9.17) is 5.11 Å². The standard InChI is InChI=1S/C10H16O3.Na/c1-9(2)6-3-4-10(13,8(11)12)7(9)5-6;/h6-7,13H,3-5H2,1-2H3,(H,11,12);/q;+1. The van der Waals surface area contributed by atoms with Gasteiger partial charge in [-0.2, -0.15) is 0 Å². The van der Waals surface area contributed by atoms with Gasteiger partial charge in [0.05, 0.1) is 0 Å². The molecule has 3 unspecified atom stereocenters. The Balaban J connectivity index is 0.000000980. The monoisotopic (exact) mass is 207 g/mol. The van der Waals surface area contributed by atoms with Crippen LogP contribution in [0.2, 0.25) is 0 Å². The van der Waals surface area contributed by atoms with Crippen molar-refractivity contribution < 1.29 is 44.6 Å². The van der Waals surface area contributed by atoms with Crippen LogP contribution < -0.4 is 29.6 Å². The van der Waals surface area contributed by atoms with Crippen molar-refractivity contribution in [3.8, 4) is 0 Å². The molecule has 3 atom stereocenters. The van der Waals surface area contributed by atoms with Crippen molar-refractivity contribution in [1.82, 2.24) is 0 Å². The maximum Gasteiger partial charge on any atom is 1.00 e. The van der Waals surface area contributed by atoms with Gasteiger partial charge in [-0.15, -0.1) is 0 Å². The first-order valence-corrected chi connectivity index (χ1v) is 4.85. The van der Waals surface area contributed by atoms with Gasteiger partial charge in [0.2, 0.25) is 0 Å². The number of carboxylic acids is 1. The molecule has 0 aromatic rings. The minimum Gasteiger partial charge on any atom is -0.479 e. The van der Waals surface area contributed by atoms with Crippen LogP contribution in [0.4, 0.5) is 0 Å². The van der Waals surface area contributed by atoms with Gasteiger partial charge in [-0.1, -0.05) is 13.8 Å². The van der Waals surface area contributed by atoms with Crippen LogP contribution in [0.25, 0.3) is 0 Å². The zero-order chi connectivity index (χ0) is 9.85. The molecule has 4 heteroatoms. The van der Waals surface area contributed by atoms with Crippen molar-refractivity contribution in [2.45, 2.75) is 38.7 Å². The van der Waals surface area contributed by atoms with Crippen LogP contribution in [0.15, 0.2) is 0 Å². The number of rotatable bonds is 1. The van der Waals surface area contributed by atoms with Crippen molar-refractivity contribution in [2.75, 3.05) is 0 Å². The number of aliphatic hydroxyl groups is 1. The van der Waals surface area contributed by atoms with Crippen LogP contribution in [-0.4, -0.2) is 21.8 Å². The quantitative estimate of drug-likeness (QED) is 0.502. The number of carbonyl (C=O) groups is 1. The third-order valence-corrected chi connectivity index (χ3v) is 4.29. The minimum absolute atomic E-state index is 0. The van der Waals surface area contributed by atoms with E-state index in [-0.39, 0.29) is 40.9 Å². The van der Waals surface area contributed by atoms with Gasteiger partial charge < -0.3 is 10.2 Å². The molecule has 3 rings (SSSR count). The molecular formula is C10H16NaO3+. The van der Waals surface area contributed by atoms with Gasteiger partial charge in [-0.3, -0.25) is 0 Å². The molecule has 0 saturated heterocycles. The first-order valence-electron chi connectivity index (χ1n) is 4.85. The van der Waals surface area contributed by atoms with Crippen LogP contribution >= 0.6 is 0 Å². The summed E-state index contributed by atoms with van der Waals surface area (Å²) in [5.41, 5.74) is -1.43. The molecule has 74 valence electrons. The van der Waals surface area contributed by atoms with Gasteiger partial charge in [0, 0.05) is 5.92 Å². The summed E-state index contributed by atoms with van der Waals surface area (Å²) in [4.78, 5) is 10.9. The smallest absolute Gasteiger partial charge is 0.479 e. The zero-order valence-corrected chi connectivity index (χ0v) is 11.1. The van der Waals surface area contributed by atoms with E-state index >= 15 is 0 Å². The van der Waals surface area contributed by atoms with E-state index in [1.54, 1.807) is 0 Å². The molecule has 0 aromatic heterocycles. The molecular weight excluding hydrogens is 191 g/mol. The van der Waals surface area contributed by atoms with Gasteiger partial charge in [0.25, 0.3) is 0 Å². The average Bonchev–Trinajstić information content (AvgIpc) is 2.03. The molecule has 14 heavy (non-hydrogen) atoms. The number of hydrogen-bond acceptors (Lipinski definition) is 2. The van der Waals surface area contributed by atoms with Crippen molar-refractivity contribution in [1.29, 1.82) is 0 Å². The summed E-state index contributed by atoms with van der Waals surface area (Å²) in [6.07, 6.45) is 2.17. The fourth-order valence-corrected chi connectivity index (χ4v) is 3.14. The largest absolute Gasteiger partial charge is 1.00 e. The molecule has 0 radical (unpaired) electrons. The third-order valence-electron chi connectivity index (χ3n) is 4.29. The molecule has 3 nitrogen and oxygen atoms in total. The van der Waals surface area contributed by atoms with Gasteiger partial charge in [0.1, 0.15) is 0 Å². The molecule has 0 spiro atoms. The van der Waals surface area contributed by atoms with Crippen LogP contribution in [0.3, 0.4) is 0 Å². The van der Waals surface area contributed by atoms with Crippen molar-refractivity contribution in [2.24, 2.45) is 17.3 Å². The van der Waals surface area contributed by atoms with Crippen LogP contribution in [0.5, 0.6) is 0 Å². The summed E-state index contributed by atoms with van der Waals surface area (Å²) in [6, 6.07) is 0. The van der Waals surface area contributed by atoms with Crippen molar-refractivity contribution >= 4 is 5.97 Å². The Morgan fingerprint density at radius 3 is 2.29 bits per heavy atom. The van der Waals surface area contributed by atoms with Crippen molar-refractivity contribution in [3.63, 3.8) is 0 Å². The average molecular weight is 207 g/mol. The summed E-state index contributed by atoms with van der Waals surface area (Å²) in [6.45, 7) is 4.14. The zero-order valence-electron chi connectivity index (χ0n) is 9.08. The molecule has 3 aliphatic carbocycles. The van der Waals surface area contributed by atoms with Crippen LogP contribution in [0.1, 0.15) is 33.1 Å². The third kappa shape index (κ3) is 1.37. The summed E-state index contributed by atoms with van der Waals surface area (Å²) in [5, 5.41) is 19.0. The summed E-state index contributed by atoms with van der Waals surface area (Å²) in [7, 11) is 0. The molecule has 0 aliphatic heterocycles. The van der Waals surface area contributed by atoms with Crippen molar-refractivity contribution in [3.05, 3.63) is 0 Å². The second-order valence-electron chi connectivity index (χ2n) is 5.07. The Kier molecular flexibility index (Phi) is 3.10. The molecule has 0 amide bonds. The van der Waals surface area contributed by atoms with Gasteiger partial charge >= 0.3 is 35.5 Å². The fraction of sp³-hybridized carbons (Fsp3) is 0.900. The van der Waals surface area contributed by atoms with E-state index in [0.717, 1.165) is 12.8 Å². The van der Waals surface area contributed by atoms with E-state index in [9.17, 15) is 9.90 Å². The maximum absolute atomic E-state index is 10.9. The Morgan fingerprint density at radius 1 is 1.43 bits per heavy atom.